The van der Waals surface area contributed by atoms with Gasteiger partial charge in [-0.15, -0.1) is 22.7 Å². The second-order valence-corrected chi connectivity index (χ2v) is 12.8. The van der Waals surface area contributed by atoms with Crippen LogP contribution in [0.1, 0.15) is 39.0 Å². The van der Waals surface area contributed by atoms with E-state index >= 15 is 0 Å². The third-order valence-electron chi connectivity index (χ3n) is 6.93. The number of thiophene rings is 2. The SMILES string of the molecule is CCOC(=O)c1c(NC(=O)CSc2nc3sc(C)c(-c4ccccc4)c3c(=O)n2-c2ccccc2)sc2c1CCC2. The highest BCUT2D eigenvalue weighted by molar-refractivity contribution is 7.99. The van der Waals surface area contributed by atoms with E-state index in [2.05, 4.69) is 5.32 Å². The van der Waals surface area contributed by atoms with Gasteiger partial charge < -0.3 is 10.1 Å². The quantitative estimate of drug-likeness (QED) is 0.118. The number of rotatable bonds is 8. The Morgan fingerprint density at radius 2 is 1.78 bits per heavy atom. The highest BCUT2D eigenvalue weighted by Gasteiger charge is 2.28. The van der Waals surface area contributed by atoms with Crippen LogP contribution in [0.3, 0.4) is 0 Å². The largest absolute Gasteiger partial charge is 0.462 e. The van der Waals surface area contributed by atoms with Crippen LogP contribution in [-0.2, 0) is 22.4 Å². The van der Waals surface area contributed by atoms with Gasteiger partial charge in [0, 0.05) is 15.3 Å². The van der Waals surface area contributed by atoms with E-state index in [9.17, 15) is 14.4 Å². The molecular formula is C31H27N3O4S3. The lowest BCUT2D eigenvalue weighted by Crippen LogP contribution is -2.23. The normalized spacial score (nSPS) is 12.4. The number of thioether (sulfide) groups is 1. The minimum absolute atomic E-state index is 0.0194. The first-order valence-corrected chi connectivity index (χ1v) is 16.0. The lowest BCUT2D eigenvalue weighted by molar-refractivity contribution is -0.113. The van der Waals surface area contributed by atoms with E-state index < -0.39 is 5.97 Å². The Labute approximate surface area is 249 Å². The third kappa shape index (κ3) is 5.23. The standard InChI is InChI=1S/C31H27N3O4S3/c1-3-38-30(37)25-21-15-10-16-22(21)41-27(25)32-23(35)17-39-31-33-28-26(29(36)34(31)20-13-8-5-9-14-20)24(18(2)40-28)19-11-6-4-7-12-19/h4-9,11-14H,3,10,15-17H2,1-2H3,(H,32,35). The van der Waals surface area contributed by atoms with E-state index in [-0.39, 0.29) is 23.8 Å². The highest BCUT2D eigenvalue weighted by Crippen LogP contribution is 2.40. The van der Waals surface area contributed by atoms with Gasteiger partial charge in [-0.2, -0.15) is 0 Å². The minimum Gasteiger partial charge on any atom is -0.462 e. The third-order valence-corrected chi connectivity index (χ3v) is 10.1. The fraction of sp³-hybridized carbons (Fsp3) is 0.226. The molecule has 0 saturated heterocycles. The van der Waals surface area contributed by atoms with Crippen LogP contribution in [0.15, 0.2) is 70.6 Å². The second kappa shape index (κ2) is 11.6. The maximum absolute atomic E-state index is 14.1. The fourth-order valence-corrected chi connectivity index (χ4v) is 8.39. The molecular weight excluding hydrogens is 575 g/mol. The van der Waals surface area contributed by atoms with Gasteiger partial charge in [-0.05, 0) is 56.4 Å². The first kappa shape index (κ1) is 27.4. The average Bonchev–Trinajstić information content (AvgIpc) is 3.65. The topological polar surface area (TPSA) is 90.3 Å². The van der Waals surface area contributed by atoms with Gasteiger partial charge in [-0.1, -0.05) is 60.3 Å². The Morgan fingerprint density at radius 3 is 2.51 bits per heavy atom. The van der Waals surface area contributed by atoms with Crippen LogP contribution in [0.25, 0.3) is 27.0 Å². The number of hydrogen-bond donors (Lipinski definition) is 1. The van der Waals surface area contributed by atoms with Gasteiger partial charge in [0.15, 0.2) is 5.16 Å². The van der Waals surface area contributed by atoms with Crippen molar-refractivity contribution in [3.8, 4) is 16.8 Å². The first-order chi connectivity index (χ1) is 20.0. The minimum atomic E-state index is -0.401. The van der Waals surface area contributed by atoms with Gasteiger partial charge >= 0.3 is 5.97 Å². The maximum atomic E-state index is 14.1. The average molecular weight is 602 g/mol. The molecule has 0 bridgehead atoms. The van der Waals surface area contributed by atoms with Crippen molar-refractivity contribution in [1.29, 1.82) is 0 Å². The summed E-state index contributed by atoms with van der Waals surface area (Å²) < 4.78 is 6.88. The molecule has 1 aliphatic carbocycles. The summed E-state index contributed by atoms with van der Waals surface area (Å²) in [6.45, 7) is 4.04. The molecule has 1 aliphatic rings. The van der Waals surface area contributed by atoms with Crippen molar-refractivity contribution in [2.24, 2.45) is 0 Å². The molecule has 0 saturated carbocycles. The number of benzene rings is 2. The van der Waals surface area contributed by atoms with E-state index in [4.69, 9.17) is 9.72 Å². The number of para-hydroxylation sites is 1. The molecule has 1 N–H and O–H groups in total. The number of amides is 1. The zero-order chi connectivity index (χ0) is 28.5. The molecule has 3 heterocycles. The summed E-state index contributed by atoms with van der Waals surface area (Å²) in [5.41, 5.74) is 3.83. The van der Waals surface area contributed by atoms with Crippen LogP contribution in [0.2, 0.25) is 0 Å². The maximum Gasteiger partial charge on any atom is 0.341 e. The number of esters is 1. The molecule has 3 aromatic heterocycles. The fourth-order valence-electron chi connectivity index (χ4n) is 5.20. The number of aromatic nitrogens is 2. The summed E-state index contributed by atoms with van der Waals surface area (Å²) in [6.07, 6.45) is 2.70. The van der Waals surface area contributed by atoms with E-state index in [1.807, 2.05) is 67.6 Å². The van der Waals surface area contributed by atoms with Gasteiger partial charge in [0.2, 0.25) is 5.91 Å². The molecule has 2 aromatic carbocycles. The van der Waals surface area contributed by atoms with Gasteiger partial charge in [0.1, 0.15) is 9.83 Å². The van der Waals surface area contributed by atoms with Crippen molar-refractivity contribution in [2.75, 3.05) is 17.7 Å². The number of hydrogen-bond acceptors (Lipinski definition) is 8. The van der Waals surface area contributed by atoms with Crippen molar-refractivity contribution < 1.29 is 14.3 Å². The Hall–Kier alpha value is -3.73. The Bertz CT molecular complexity index is 1820. The van der Waals surface area contributed by atoms with Gasteiger partial charge in [0.25, 0.3) is 5.56 Å². The van der Waals surface area contributed by atoms with Crippen molar-refractivity contribution in [2.45, 2.75) is 38.3 Å². The van der Waals surface area contributed by atoms with Crippen molar-refractivity contribution >= 4 is 61.5 Å². The summed E-state index contributed by atoms with van der Waals surface area (Å²) in [6, 6.07) is 19.2. The number of carbonyl (C=O) groups is 2. The van der Waals surface area contributed by atoms with Crippen LogP contribution >= 0.6 is 34.4 Å². The van der Waals surface area contributed by atoms with Crippen molar-refractivity contribution in [3.05, 3.63) is 91.9 Å². The molecule has 0 aliphatic heterocycles. The van der Waals surface area contributed by atoms with Crippen LogP contribution in [0.4, 0.5) is 5.00 Å². The molecule has 208 valence electrons. The van der Waals surface area contributed by atoms with Crippen LogP contribution in [-0.4, -0.2) is 33.8 Å². The summed E-state index contributed by atoms with van der Waals surface area (Å²) in [5, 5.41) is 4.48. The highest BCUT2D eigenvalue weighted by atomic mass is 32.2. The number of carbonyl (C=O) groups excluding carboxylic acids is 2. The number of nitrogens with zero attached hydrogens (tertiary/aromatic N) is 2. The number of anilines is 1. The molecule has 41 heavy (non-hydrogen) atoms. The number of fused-ring (bicyclic) bond motifs is 2. The Morgan fingerprint density at radius 1 is 1.05 bits per heavy atom. The molecule has 6 rings (SSSR count). The number of nitrogens with one attached hydrogen (secondary N) is 1. The van der Waals surface area contributed by atoms with Crippen LogP contribution in [0.5, 0.6) is 0 Å². The van der Waals surface area contributed by atoms with E-state index in [0.29, 0.717) is 31.6 Å². The van der Waals surface area contributed by atoms with E-state index in [0.717, 1.165) is 45.7 Å². The monoisotopic (exact) mass is 601 g/mol. The Balaban J connectivity index is 1.35. The number of ether oxygens (including phenoxy) is 1. The van der Waals surface area contributed by atoms with Crippen LogP contribution in [0, 0.1) is 6.92 Å². The molecule has 0 radical (unpaired) electrons. The second-order valence-electron chi connectivity index (χ2n) is 9.57. The first-order valence-electron chi connectivity index (χ1n) is 13.4. The molecule has 5 aromatic rings. The zero-order valence-corrected chi connectivity index (χ0v) is 25.0. The van der Waals surface area contributed by atoms with Gasteiger partial charge in [0.05, 0.1) is 29.0 Å². The smallest absolute Gasteiger partial charge is 0.341 e. The molecule has 0 fully saturated rings. The lowest BCUT2D eigenvalue weighted by Gasteiger charge is -2.13. The van der Waals surface area contributed by atoms with Crippen molar-refractivity contribution in [3.63, 3.8) is 0 Å². The number of aryl methyl sites for hydroxylation is 2. The van der Waals surface area contributed by atoms with Gasteiger partial charge in [-0.3, -0.25) is 14.2 Å². The van der Waals surface area contributed by atoms with E-state index in [1.165, 1.54) is 34.4 Å². The summed E-state index contributed by atoms with van der Waals surface area (Å²) in [7, 11) is 0. The van der Waals surface area contributed by atoms with Gasteiger partial charge in [-0.25, -0.2) is 9.78 Å². The molecule has 10 heteroatoms. The summed E-state index contributed by atoms with van der Waals surface area (Å²) >= 11 is 4.13. The lowest BCUT2D eigenvalue weighted by atomic mass is 10.0. The molecule has 1 amide bonds. The molecule has 0 unspecified atom stereocenters. The van der Waals surface area contributed by atoms with E-state index in [1.54, 1.807) is 11.5 Å². The predicted octanol–water partition coefficient (Wildman–Crippen LogP) is 6.88. The molecule has 7 nitrogen and oxygen atoms in total. The summed E-state index contributed by atoms with van der Waals surface area (Å²) in [4.78, 5) is 47.7. The molecule has 0 spiro atoms. The van der Waals surface area contributed by atoms with Crippen molar-refractivity contribution in [1.82, 2.24) is 9.55 Å². The zero-order valence-electron chi connectivity index (χ0n) is 22.6. The molecule has 0 atom stereocenters. The predicted molar refractivity (Wildman–Crippen MR) is 167 cm³/mol. The van der Waals surface area contributed by atoms with Crippen LogP contribution < -0.4 is 10.9 Å². The summed E-state index contributed by atoms with van der Waals surface area (Å²) in [5.74, 6) is -0.658. The Kier molecular flexibility index (Phi) is 7.79.